The van der Waals surface area contributed by atoms with Crippen LogP contribution in [0.3, 0.4) is 0 Å². The normalized spacial score (nSPS) is 28.7. The van der Waals surface area contributed by atoms with Crippen molar-refractivity contribution in [1.29, 1.82) is 0 Å². The minimum atomic E-state index is 0.300. The van der Waals surface area contributed by atoms with Crippen molar-refractivity contribution in [3.05, 3.63) is 0 Å². The summed E-state index contributed by atoms with van der Waals surface area (Å²) >= 11 is 0. The van der Waals surface area contributed by atoms with Crippen LogP contribution in [0.4, 0.5) is 0 Å². The van der Waals surface area contributed by atoms with Gasteiger partial charge in [-0.1, -0.05) is 5.92 Å². The highest BCUT2D eigenvalue weighted by molar-refractivity contribution is 5.23. The average molecular weight is 148 g/mol. The van der Waals surface area contributed by atoms with E-state index in [0.29, 0.717) is 18.4 Å². The van der Waals surface area contributed by atoms with E-state index in [1.165, 1.54) is 0 Å². The van der Waals surface area contributed by atoms with E-state index in [2.05, 4.69) is 17.8 Å². The van der Waals surface area contributed by atoms with Crippen molar-refractivity contribution in [2.75, 3.05) is 6.61 Å². The van der Waals surface area contributed by atoms with E-state index < -0.39 is 0 Å². The molecule has 0 amide bonds. The maximum Gasteiger partial charge on any atom is 0.0459 e. The van der Waals surface area contributed by atoms with E-state index in [4.69, 9.17) is 11.5 Å². The van der Waals surface area contributed by atoms with Gasteiger partial charge in [0.15, 0.2) is 0 Å². The largest absolute Gasteiger partial charge is 0.396 e. The van der Waals surface area contributed by atoms with E-state index in [1.54, 1.807) is 0 Å². The zero-order valence-electron chi connectivity index (χ0n) is 6.51. The van der Waals surface area contributed by atoms with Crippen molar-refractivity contribution >= 4 is 0 Å². The molecule has 0 aromatic heterocycles. The van der Waals surface area contributed by atoms with E-state index >= 15 is 0 Å². The summed E-state index contributed by atoms with van der Waals surface area (Å²) in [6.45, 7) is 0.300. The number of aliphatic hydroxyl groups is 1. The summed E-state index contributed by atoms with van der Waals surface area (Å²) in [4.78, 5) is 0. The molecule has 0 spiro atoms. The molecule has 2 unspecified atom stereocenters. The van der Waals surface area contributed by atoms with Gasteiger partial charge in [0.25, 0.3) is 0 Å². The second-order valence-corrected chi connectivity index (χ2v) is 2.97. The summed E-state index contributed by atoms with van der Waals surface area (Å²) in [6.07, 6.45) is 8.21. The molecule has 0 saturated heterocycles. The molecule has 0 heterocycles. The van der Waals surface area contributed by atoms with Crippen LogP contribution in [0, 0.1) is 36.0 Å². The minimum Gasteiger partial charge on any atom is -0.396 e. The molecule has 0 bridgehead atoms. The van der Waals surface area contributed by atoms with Crippen LogP contribution in [0.25, 0.3) is 0 Å². The number of hydrogen-bond donors (Lipinski definition) is 1. The summed E-state index contributed by atoms with van der Waals surface area (Å²) < 4.78 is 0. The Bertz CT molecular complexity index is 213. The van der Waals surface area contributed by atoms with Crippen molar-refractivity contribution in [2.24, 2.45) is 11.8 Å². The van der Waals surface area contributed by atoms with Gasteiger partial charge in [0.2, 0.25) is 0 Å². The van der Waals surface area contributed by atoms with Crippen molar-refractivity contribution in [2.45, 2.75) is 19.3 Å². The fraction of sp³-hybridized carbons (Fsp3) is 0.600. The van der Waals surface area contributed by atoms with Gasteiger partial charge in [0, 0.05) is 12.5 Å². The summed E-state index contributed by atoms with van der Waals surface area (Å²) in [5, 5.41) is 8.82. The summed E-state index contributed by atoms with van der Waals surface area (Å²) in [7, 11) is 0. The molecule has 1 N–H and O–H groups in total. The van der Waals surface area contributed by atoms with E-state index in [-0.39, 0.29) is 0 Å². The third-order valence-electron chi connectivity index (χ3n) is 2.15. The SMILES string of the molecule is C#CC#CC1CCC(CO)C1. The van der Waals surface area contributed by atoms with Gasteiger partial charge in [-0.2, -0.15) is 0 Å². The van der Waals surface area contributed by atoms with Crippen molar-refractivity contribution in [3.8, 4) is 24.2 Å². The van der Waals surface area contributed by atoms with Gasteiger partial charge < -0.3 is 5.11 Å². The standard InChI is InChI=1S/C10H12O/c1-2-3-4-9-5-6-10(7-9)8-11/h1,9-11H,5-8H2. The average Bonchev–Trinajstić information content (AvgIpc) is 2.48. The van der Waals surface area contributed by atoms with Gasteiger partial charge in [0.05, 0.1) is 0 Å². The van der Waals surface area contributed by atoms with E-state index in [1.807, 2.05) is 0 Å². The zero-order chi connectivity index (χ0) is 8.10. The molecule has 1 fully saturated rings. The van der Waals surface area contributed by atoms with Crippen LogP contribution >= 0.6 is 0 Å². The van der Waals surface area contributed by atoms with Gasteiger partial charge in [0.1, 0.15) is 0 Å². The van der Waals surface area contributed by atoms with Crippen molar-refractivity contribution in [1.82, 2.24) is 0 Å². The second kappa shape index (κ2) is 4.06. The van der Waals surface area contributed by atoms with Crippen LogP contribution < -0.4 is 0 Å². The molecule has 1 rings (SSSR count). The fourth-order valence-electron chi connectivity index (χ4n) is 1.52. The van der Waals surface area contributed by atoms with Crippen LogP contribution in [-0.4, -0.2) is 11.7 Å². The predicted octanol–water partition coefficient (Wildman–Crippen LogP) is 1.03. The summed E-state index contributed by atoms with van der Waals surface area (Å²) in [6, 6.07) is 0. The van der Waals surface area contributed by atoms with Gasteiger partial charge in [-0.05, 0) is 37.0 Å². The Hall–Kier alpha value is -0.920. The smallest absolute Gasteiger partial charge is 0.0459 e. The highest BCUT2D eigenvalue weighted by Gasteiger charge is 2.21. The number of rotatable bonds is 1. The minimum absolute atomic E-state index is 0.300. The Balaban J connectivity index is 2.37. The molecular weight excluding hydrogens is 136 g/mol. The first-order chi connectivity index (χ1) is 5.36. The highest BCUT2D eigenvalue weighted by atomic mass is 16.3. The zero-order valence-corrected chi connectivity index (χ0v) is 6.51. The monoisotopic (exact) mass is 148 g/mol. The fourth-order valence-corrected chi connectivity index (χ4v) is 1.52. The molecule has 1 aliphatic carbocycles. The molecule has 1 nitrogen and oxygen atoms in total. The lowest BCUT2D eigenvalue weighted by molar-refractivity contribution is 0.228. The molecule has 1 heteroatoms. The second-order valence-electron chi connectivity index (χ2n) is 2.97. The lowest BCUT2D eigenvalue weighted by Gasteiger charge is -2.01. The van der Waals surface area contributed by atoms with Gasteiger partial charge in [-0.3, -0.25) is 0 Å². The van der Waals surface area contributed by atoms with Crippen LogP contribution in [0.1, 0.15) is 19.3 Å². The number of hydrogen-bond acceptors (Lipinski definition) is 1. The van der Waals surface area contributed by atoms with Gasteiger partial charge in [-0.25, -0.2) is 0 Å². The Morgan fingerprint density at radius 1 is 1.45 bits per heavy atom. The quantitative estimate of drug-likeness (QED) is 0.551. The van der Waals surface area contributed by atoms with Crippen LogP contribution in [0.5, 0.6) is 0 Å². The highest BCUT2D eigenvalue weighted by Crippen LogP contribution is 2.29. The third-order valence-corrected chi connectivity index (χ3v) is 2.15. The molecular formula is C10H12O. The van der Waals surface area contributed by atoms with Crippen molar-refractivity contribution < 1.29 is 5.11 Å². The maximum atomic E-state index is 8.82. The van der Waals surface area contributed by atoms with Gasteiger partial charge in [-0.15, -0.1) is 6.42 Å². The first kappa shape index (κ1) is 8.18. The molecule has 1 aliphatic rings. The lowest BCUT2D eigenvalue weighted by atomic mass is 10.1. The summed E-state index contributed by atoms with van der Waals surface area (Å²) in [5.74, 6) is 8.83. The molecule has 11 heavy (non-hydrogen) atoms. The Kier molecular flexibility index (Phi) is 3.02. The Morgan fingerprint density at radius 3 is 2.82 bits per heavy atom. The molecule has 0 aliphatic heterocycles. The molecule has 0 aromatic rings. The van der Waals surface area contributed by atoms with E-state index in [0.717, 1.165) is 19.3 Å². The van der Waals surface area contributed by atoms with Gasteiger partial charge >= 0.3 is 0 Å². The Morgan fingerprint density at radius 2 is 2.27 bits per heavy atom. The maximum absolute atomic E-state index is 8.82. The summed E-state index contributed by atoms with van der Waals surface area (Å²) in [5.41, 5.74) is 0. The predicted molar refractivity (Wildman–Crippen MR) is 44.5 cm³/mol. The first-order valence-electron chi connectivity index (χ1n) is 3.93. The molecule has 2 atom stereocenters. The topological polar surface area (TPSA) is 20.2 Å². The first-order valence-corrected chi connectivity index (χ1v) is 3.93. The molecule has 1 saturated carbocycles. The lowest BCUT2D eigenvalue weighted by Crippen LogP contribution is -1.99. The number of terminal acetylenes is 1. The molecule has 0 aromatic carbocycles. The van der Waals surface area contributed by atoms with Crippen molar-refractivity contribution in [3.63, 3.8) is 0 Å². The van der Waals surface area contributed by atoms with Crippen LogP contribution in [-0.2, 0) is 0 Å². The molecule has 0 radical (unpaired) electrons. The number of aliphatic hydroxyl groups excluding tert-OH is 1. The van der Waals surface area contributed by atoms with Crippen LogP contribution in [0.2, 0.25) is 0 Å². The Labute approximate surface area is 67.8 Å². The van der Waals surface area contributed by atoms with E-state index in [9.17, 15) is 0 Å². The third kappa shape index (κ3) is 2.30. The van der Waals surface area contributed by atoms with Crippen LogP contribution in [0.15, 0.2) is 0 Å². The molecule has 58 valence electrons.